The highest BCUT2D eigenvalue weighted by molar-refractivity contribution is 9.10. The van der Waals surface area contributed by atoms with Gasteiger partial charge in [0.05, 0.1) is 28.1 Å². The Labute approximate surface area is 165 Å². The summed E-state index contributed by atoms with van der Waals surface area (Å²) in [6.07, 6.45) is 1.01. The maximum atomic E-state index is 12.4. The lowest BCUT2D eigenvalue weighted by Gasteiger charge is -2.22. The number of nitrogens with zero attached hydrogens (tertiary/aromatic N) is 2. The monoisotopic (exact) mass is 455 g/mol. The molecule has 27 heavy (non-hydrogen) atoms. The van der Waals surface area contributed by atoms with Crippen molar-refractivity contribution in [1.29, 1.82) is 0 Å². The lowest BCUT2D eigenvalue weighted by atomic mass is 10.1. The first-order valence-corrected chi connectivity index (χ1v) is 10.4. The number of nitrogens with one attached hydrogen (secondary N) is 1. The second-order valence-electron chi connectivity index (χ2n) is 5.96. The predicted molar refractivity (Wildman–Crippen MR) is 108 cm³/mol. The van der Waals surface area contributed by atoms with Crippen LogP contribution in [0.25, 0.3) is 0 Å². The highest BCUT2D eigenvalue weighted by atomic mass is 79.9. The number of halogens is 1. The molecule has 144 valence electrons. The lowest BCUT2D eigenvalue weighted by molar-refractivity contribution is -0.385. The van der Waals surface area contributed by atoms with Crippen LogP contribution in [0.3, 0.4) is 0 Å². The van der Waals surface area contributed by atoms with Crippen molar-refractivity contribution in [2.45, 2.75) is 13.8 Å². The zero-order valence-corrected chi connectivity index (χ0v) is 17.3. The van der Waals surface area contributed by atoms with Crippen molar-refractivity contribution in [2.24, 2.45) is 0 Å². The van der Waals surface area contributed by atoms with Crippen LogP contribution >= 0.6 is 15.9 Å². The number of rotatable bonds is 6. The van der Waals surface area contributed by atoms with Gasteiger partial charge in [0.25, 0.3) is 5.69 Å². The molecule has 0 unspecified atom stereocenters. The van der Waals surface area contributed by atoms with Crippen LogP contribution in [0.1, 0.15) is 11.1 Å². The van der Waals surface area contributed by atoms with Gasteiger partial charge in [-0.15, -0.1) is 0 Å². The summed E-state index contributed by atoms with van der Waals surface area (Å²) >= 11 is 3.35. The van der Waals surface area contributed by atoms with Crippen molar-refractivity contribution in [2.75, 3.05) is 22.4 Å². The van der Waals surface area contributed by atoms with Gasteiger partial charge in [0.15, 0.2) is 0 Å². The van der Waals surface area contributed by atoms with E-state index in [0.29, 0.717) is 11.3 Å². The predicted octanol–water partition coefficient (Wildman–Crippen LogP) is 3.38. The molecular formula is C17H18BrN3O5S. The highest BCUT2D eigenvalue weighted by Gasteiger charge is 2.22. The summed E-state index contributed by atoms with van der Waals surface area (Å²) in [6.45, 7) is 2.86. The minimum absolute atomic E-state index is 0.128. The topological polar surface area (TPSA) is 110 Å². The molecule has 0 aromatic heterocycles. The van der Waals surface area contributed by atoms with E-state index >= 15 is 0 Å². The summed E-state index contributed by atoms with van der Waals surface area (Å²) in [7, 11) is -3.72. The largest absolute Gasteiger partial charge is 0.324 e. The number of hydrogen-bond acceptors (Lipinski definition) is 5. The maximum Gasteiger partial charge on any atom is 0.274 e. The van der Waals surface area contributed by atoms with E-state index < -0.39 is 27.4 Å². The Morgan fingerprint density at radius 2 is 1.93 bits per heavy atom. The third-order valence-electron chi connectivity index (χ3n) is 3.89. The number of amides is 1. The molecule has 0 spiro atoms. The van der Waals surface area contributed by atoms with Gasteiger partial charge >= 0.3 is 0 Å². The van der Waals surface area contributed by atoms with Gasteiger partial charge in [0.1, 0.15) is 6.54 Å². The van der Waals surface area contributed by atoms with Gasteiger partial charge in [-0.05, 0) is 43.7 Å². The van der Waals surface area contributed by atoms with Crippen molar-refractivity contribution in [3.05, 3.63) is 62.1 Å². The van der Waals surface area contributed by atoms with E-state index in [0.717, 1.165) is 20.6 Å². The number of carbonyl (C=O) groups is 1. The number of nitro benzene ring substituents is 1. The molecule has 2 aromatic carbocycles. The Hall–Kier alpha value is -2.46. The number of benzene rings is 2. The summed E-state index contributed by atoms with van der Waals surface area (Å²) in [6, 6.07) is 9.24. The zero-order valence-electron chi connectivity index (χ0n) is 14.9. The molecular weight excluding hydrogens is 438 g/mol. The zero-order chi connectivity index (χ0) is 20.4. The molecule has 2 rings (SSSR count). The summed E-state index contributed by atoms with van der Waals surface area (Å²) in [5.41, 5.74) is 1.59. The van der Waals surface area contributed by atoms with E-state index in [1.807, 2.05) is 0 Å². The van der Waals surface area contributed by atoms with Gasteiger partial charge in [0, 0.05) is 10.5 Å². The van der Waals surface area contributed by atoms with Crippen LogP contribution in [0.5, 0.6) is 0 Å². The first kappa shape index (κ1) is 20.8. The molecule has 1 amide bonds. The van der Waals surface area contributed by atoms with E-state index in [1.165, 1.54) is 25.1 Å². The van der Waals surface area contributed by atoms with Crippen molar-refractivity contribution in [1.82, 2.24) is 0 Å². The molecule has 0 fully saturated rings. The quantitative estimate of drug-likeness (QED) is 0.530. The number of aryl methyl sites for hydroxylation is 1. The number of sulfonamides is 1. The highest BCUT2D eigenvalue weighted by Crippen LogP contribution is 2.26. The van der Waals surface area contributed by atoms with Crippen LogP contribution in [-0.4, -0.2) is 32.0 Å². The normalized spacial score (nSPS) is 11.1. The molecule has 0 heterocycles. The Morgan fingerprint density at radius 3 is 2.48 bits per heavy atom. The fourth-order valence-electron chi connectivity index (χ4n) is 2.46. The average Bonchev–Trinajstić information content (AvgIpc) is 2.56. The smallest absolute Gasteiger partial charge is 0.274 e. The van der Waals surface area contributed by atoms with Crippen LogP contribution in [0.2, 0.25) is 0 Å². The lowest BCUT2D eigenvalue weighted by Crippen LogP contribution is -2.37. The van der Waals surface area contributed by atoms with Gasteiger partial charge in [0.2, 0.25) is 15.9 Å². The molecule has 0 saturated carbocycles. The Morgan fingerprint density at radius 1 is 1.26 bits per heavy atom. The molecule has 8 nitrogen and oxygen atoms in total. The fourth-order valence-corrected chi connectivity index (χ4v) is 3.56. The minimum Gasteiger partial charge on any atom is -0.324 e. The van der Waals surface area contributed by atoms with Crippen molar-refractivity contribution >= 4 is 48.9 Å². The van der Waals surface area contributed by atoms with Gasteiger partial charge in [-0.1, -0.05) is 22.0 Å². The maximum absolute atomic E-state index is 12.4. The molecule has 0 saturated heterocycles. The minimum atomic E-state index is -3.72. The molecule has 0 aliphatic heterocycles. The number of carbonyl (C=O) groups excluding carboxylic acids is 1. The standard InChI is InChI=1S/C17H18BrN3O5S/c1-11-9-13(7-8-14(11)18)20(27(3,25)26)10-17(22)19-15-5-4-6-16(12(15)2)21(23)24/h4-9H,10H2,1-3H3,(H,19,22). The van der Waals surface area contributed by atoms with Gasteiger partial charge in [-0.2, -0.15) is 0 Å². The van der Waals surface area contributed by atoms with Crippen molar-refractivity contribution < 1.29 is 18.1 Å². The van der Waals surface area contributed by atoms with Crippen LogP contribution < -0.4 is 9.62 Å². The summed E-state index contributed by atoms with van der Waals surface area (Å²) in [5, 5.41) is 13.6. The van der Waals surface area contributed by atoms with Crippen LogP contribution in [0.4, 0.5) is 17.1 Å². The van der Waals surface area contributed by atoms with Gasteiger partial charge < -0.3 is 5.32 Å². The van der Waals surface area contributed by atoms with E-state index in [4.69, 9.17) is 0 Å². The third-order valence-corrected chi connectivity index (χ3v) is 5.92. The fraction of sp³-hybridized carbons (Fsp3) is 0.235. The second-order valence-corrected chi connectivity index (χ2v) is 8.72. The Bertz CT molecular complexity index is 1010. The number of nitro groups is 1. The van der Waals surface area contributed by atoms with E-state index in [1.54, 1.807) is 25.1 Å². The third kappa shape index (κ3) is 5.04. The second kappa shape index (κ2) is 8.05. The van der Waals surface area contributed by atoms with E-state index in [-0.39, 0.29) is 11.4 Å². The summed E-state index contributed by atoms with van der Waals surface area (Å²) in [4.78, 5) is 22.9. The molecule has 1 N–H and O–H groups in total. The number of hydrogen-bond donors (Lipinski definition) is 1. The molecule has 2 aromatic rings. The first-order valence-electron chi connectivity index (χ1n) is 7.78. The Balaban J connectivity index is 2.29. The molecule has 0 atom stereocenters. The summed E-state index contributed by atoms with van der Waals surface area (Å²) in [5.74, 6) is -0.607. The van der Waals surface area contributed by atoms with Crippen molar-refractivity contribution in [3.63, 3.8) is 0 Å². The molecule has 0 aliphatic rings. The average molecular weight is 456 g/mol. The SMILES string of the molecule is Cc1cc(N(CC(=O)Nc2cccc([N+](=O)[O-])c2C)S(C)(=O)=O)ccc1Br. The first-order chi connectivity index (χ1) is 12.5. The number of anilines is 2. The van der Waals surface area contributed by atoms with E-state index in [9.17, 15) is 23.3 Å². The van der Waals surface area contributed by atoms with Crippen LogP contribution in [0, 0.1) is 24.0 Å². The molecule has 0 aliphatic carbocycles. The van der Waals surface area contributed by atoms with E-state index in [2.05, 4.69) is 21.2 Å². The van der Waals surface area contributed by atoms with Crippen LogP contribution in [-0.2, 0) is 14.8 Å². The summed E-state index contributed by atoms with van der Waals surface area (Å²) < 4.78 is 26.1. The molecule has 0 radical (unpaired) electrons. The molecule has 0 bridgehead atoms. The van der Waals surface area contributed by atoms with Gasteiger partial charge in [-0.3, -0.25) is 19.2 Å². The molecule has 10 heteroatoms. The van der Waals surface area contributed by atoms with Gasteiger partial charge in [-0.25, -0.2) is 8.42 Å². The van der Waals surface area contributed by atoms with Crippen LogP contribution in [0.15, 0.2) is 40.9 Å². The Kier molecular flexibility index (Phi) is 6.22. The van der Waals surface area contributed by atoms with Crippen molar-refractivity contribution in [3.8, 4) is 0 Å².